The Bertz CT molecular complexity index is 780. The molecule has 26 heavy (non-hydrogen) atoms. The average Bonchev–Trinajstić information content (AvgIpc) is 2.52. The standard InChI is InChI=1S/C20H24ClN3O2/c1-13-9-14(2)20(15(3)10-13)23-19(26)12-24(4)11-18(25)22-17-7-5-16(21)6-8-17/h5-10H,11-12H2,1-4H3,(H,22,25)(H,23,26)/p+1. The molecule has 0 bridgehead atoms. The van der Waals surface area contributed by atoms with E-state index >= 15 is 0 Å². The maximum Gasteiger partial charge on any atom is 0.279 e. The minimum atomic E-state index is -0.152. The molecule has 1 atom stereocenters. The lowest BCUT2D eigenvalue weighted by Crippen LogP contribution is -3.11. The summed E-state index contributed by atoms with van der Waals surface area (Å²) in [6, 6.07) is 11.0. The number of amides is 2. The number of quaternary nitrogens is 1. The predicted molar refractivity (Wildman–Crippen MR) is 106 cm³/mol. The van der Waals surface area contributed by atoms with E-state index in [9.17, 15) is 9.59 Å². The zero-order chi connectivity index (χ0) is 19.3. The first-order valence-electron chi connectivity index (χ1n) is 8.49. The zero-order valence-electron chi connectivity index (χ0n) is 15.6. The summed E-state index contributed by atoms with van der Waals surface area (Å²) in [7, 11) is 1.82. The highest BCUT2D eigenvalue weighted by atomic mass is 35.5. The Labute approximate surface area is 159 Å². The summed E-state index contributed by atoms with van der Waals surface area (Å²) >= 11 is 5.83. The van der Waals surface area contributed by atoms with Gasteiger partial charge in [0.1, 0.15) is 0 Å². The van der Waals surface area contributed by atoms with Gasteiger partial charge in [0.2, 0.25) is 0 Å². The van der Waals surface area contributed by atoms with Crippen LogP contribution in [0, 0.1) is 20.8 Å². The van der Waals surface area contributed by atoms with Crippen LogP contribution in [0.3, 0.4) is 0 Å². The number of halogens is 1. The van der Waals surface area contributed by atoms with Crippen molar-refractivity contribution in [2.24, 2.45) is 0 Å². The van der Waals surface area contributed by atoms with Gasteiger partial charge in [-0.1, -0.05) is 29.3 Å². The number of likely N-dealkylation sites (N-methyl/N-ethyl adjacent to an activating group) is 1. The Morgan fingerprint density at radius 2 is 1.42 bits per heavy atom. The van der Waals surface area contributed by atoms with Crippen molar-refractivity contribution in [3.63, 3.8) is 0 Å². The Morgan fingerprint density at radius 3 is 1.96 bits per heavy atom. The third-order valence-electron chi connectivity index (χ3n) is 3.99. The normalized spacial score (nSPS) is 11.7. The van der Waals surface area contributed by atoms with Crippen LogP contribution in [-0.4, -0.2) is 32.0 Å². The predicted octanol–water partition coefficient (Wildman–Crippen LogP) is 2.36. The van der Waals surface area contributed by atoms with Crippen molar-refractivity contribution in [3.8, 4) is 0 Å². The number of anilines is 2. The van der Waals surface area contributed by atoms with Gasteiger partial charge in [0.15, 0.2) is 13.1 Å². The number of hydrogen-bond donors (Lipinski definition) is 3. The summed E-state index contributed by atoms with van der Waals surface area (Å²) in [5, 5.41) is 6.37. The fraction of sp³-hybridized carbons (Fsp3) is 0.300. The summed E-state index contributed by atoms with van der Waals surface area (Å²) < 4.78 is 0. The molecule has 0 spiro atoms. The fourth-order valence-corrected chi connectivity index (χ4v) is 3.04. The monoisotopic (exact) mass is 374 g/mol. The minimum absolute atomic E-state index is 0.114. The number of carbonyl (C=O) groups excluding carboxylic acids is 2. The van der Waals surface area contributed by atoms with Crippen LogP contribution in [0.15, 0.2) is 36.4 Å². The summed E-state index contributed by atoms with van der Waals surface area (Å²) in [5.74, 6) is -0.267. The molecule has 3 N–H and O–H groups in total. The summed E-state index contributed by atoms with van der Waals surface area (Å²) in [6.07, 6.45) is 0. The van der Waals surface area contributed by atoms with Gasteiger partial charge in [-0.15, -0.1) is 0 Å². The average molecular weight is 375 g/mol. The van der Waals surface area contributed by atoms with Gasteiger partial charge in [0.05, 0.1) is 7.05 Å². The number of rotatable bonds is 6. The van der Waals surface area contributed by atoms with Crippen LogP contribution in [-0.2, 0) is 9.59 Å². The number of aryl methyl sites for hydroxylation is 3. The molecule has 2 aromatic rings. The summed E-state index contributed by atoms with van der Waals surface area (Å²) in [6.45, 7) is 6.39. The topological polar surface area (TPSA) is 62.6 Å². The largest absolute Gasteiger partial charge is 0.322 e. The lowest BCUT2D eigenvalue weighted by molar-refractivity contribution is -0.862. The Morgan fingerprint density at radius 1 is 0.923 bits per heavy atom. The van der Waals surface area contributed by atoms with Gasteiger partial charge >= 0.3 is 0 Å². The second-order valence-electron chi connectivity index (χ2n) is 6.69. The van der Waals surface area contributed by atoms with Gasteiger partial charge in [0, 0.05) is 16.4 Å². The zero-order valence-corrected chi connectivity index (χ0v) is 16.3. The van der Waals surface area contributed by atoms with Crippen LogP contribution in [0.4, 0.5) is 11.4 Å². The lowest BCUT2D eigenvalue weighted by atomic mass is 10.1. The molecule has 0 aromatic heterocycles. The fourth-order valence-electron chi connectivity index (χ4n) is 2.91. The molecule has 0 fully saturated rings. The number of hydrogen-bond acceptors (Lipinski definition) is 2. The molecule has 1 unspecified atom stereocenters. The van der Waals surface area contributed by atoms with Crippen LogP contribution in [0.2, 0.25) is 5.02 Å². The van der Waals surface area contributed by atoms with Gasteiger partial charge < -0.3 is 15.5 Å². The number of benzene rings is 2. The molecule has 0 aliphatic rings. The van der Waals surface area contributed by atoms with E-state index < -0.39 is 0 Å². The van der Waals surface area contributed by atoms with Gasteiger partial charge in [-0.3, -0.25) is 9.59 Å². The maximum absolute atomic E-state index is 12.3. The summed E-state index contributed by atoms with van der Waals surface area (Å²) in [5.41, 5.74) is 4.77. The van der Waals surface area contributed by atoms with Crippen LogP contribution in [0.25, 0.3) is 0 Å². The van der Waals surface area contributed by atoms with Crippen LogP contribution in [0.5, 0.6) is 0 Å². The molecule has 2 amide bonds. The quantitative estimate of drug-likeness (QED) is 0.726. The second kappa shape index (κ2) is 8.83. The molecular weight excluding hydrogens is 350 g/mol. The molecule has 0 aliphatic heterocycles. The molecule has 0 saturated carbocycles. The van der Waals surface area contributed by atoms with Crippen LogP contribution < -0.4 is 15.5 Å². The first kappa shape index (κ1) is 19.9. The Hall–Kier alpha value is -2.37. The van der Waals surface area contributed by atoms with Crippen molar-refractivity contribution in [1.82, 2.24) is 0 Å². The first-order chi connectivity index (χ1) is 12.2. The molecule has 0 aliphatic carbocycles. The molecule has 0 heterocycles. The third-order valence-corrected chi connectivity index (χ3v) is 4.25. The molecule has 2 aromatic carbocycles. The third kappa shape index (κ3) is 5.86. The first-order valence-corrected chi connectivity index (χ1v) is 8.87. The molecule has 6 heteroatoms. The minimum Gasteiger partial charge on any atom is -0.322 e. The second-order valence-corrected chi connectivity index (χ2v) is 7.12. The highest BCUT2D eigenvalue weighted by Gasteiger charge is 2.16. The van der Waals surface area contributed by atoms with E-state index in [1.54, 1.807) is 24.3 Å². The van der Waals surface area contributed by atoms with E-state index in [1.165, 1.54) is 5.56 Å². The van der Waals surface area contributed by atoms with E-state index in [-0.39, 0.29) is 24.9 Å². The number of carbonyl (C=O) groups is 2. The van der Waals surface area contributed by atoms with Crippen molar-refractivity contribution < 1.29 is 14.5 Å². The van der Waals surface area contributed by atoms with Crippen molar-refractivity contribution in [2.75, 3.05) is 30.8 Å². The van der Waals surface area contributed by atoms with E-state index in [1.807, 2.05) is 40.0 Å². The smallest absolute Gasteiger partial charge is 0.279 e. The molecule has 0 radical (unpaired) electrons. The molecule has 138 valence electrons. The van der Waals surface area contributed by atoms with E-state index in [0.717, 1.165) is 21.7 Å². The lowest BCUT2D eigenvalue weighted by Gasteiger charge is -2.16. The van der Waals surface area contributed by atoms with Gasteiger partial charge in [0.25, 0.3) is 11.8 Å². The van der Waals surface area contributed by atoms with E-state index in [4.69, 9.17) is 11.6 Å². The molecule has 2 rings (SSSR count). The van der Waals surface area contributed by atoms with E-state index in [2.05, 4.69) is 10.6 Å². The Kier molecular flexibility index (Phi) is 6.77. The van der Waals surface area contributed by atoms with E-state index in [0.29, 0.717) is 10.7 Å². The van der Waals surface area contributed by atoms with Crippen molar-refractivity contribution in [2.45, 2.75) is 20.8 Å². The maximum atomic E-state index is 12.3. The highest BCUT2D eigenvalue weighted by Crippen LogP contribution is 2.21. The van der Waals surface area contributed by atoms with Crippen molar-refractivity contribution in [1.29, 1.82) is 0 Å². The summed E-state index contributed by atoms with van der Waals surface area (Å²) in [4.78, 5) is 25.2. The van der Waals surface area contributed by atoms with Gasteiger partial charge in [-0.25, -0.2) is 0 Å². The molecule has 5 nitrogen and oxygen atoms in total. The Balaban J connectivity index is 1.87. The SMILES string of the molecule is Cc1cc(C)c(NC(=O)C[NH+](C)CC(=O)Nc2ccc(Cl)cc2)c(C)c1. The van der Waals surface area contributed by atoms with Gasteiger partial charge in [-0.2, -0.15) is 0 Å². The van der Waals surface area contributed by atoms with Crippen LogP contribution in [0.1, 0.15) is 16.7 Å². The van der Waals surface area contributed by atoms with Crippen LogP contribution >= 0.6 is 11.6 Å². The molecular formula is C20H25ClN3O2+. The van der Waals surface area contributed by atoms with Gasteiger partial charge in [-0.05, 0) is 56.2 Å². The molecule has 0 saturated heterocycles. The van der Waals surface area contributed by atoms with Crippen molar-refractivity contribution >= 4 is 34.8 Å². The van der Waals surface area contributed by atoms with Crippen molar-refractivity contribution in [3.05, 3.63) is 58.1 Å². The number of nitrogens with one attached hydrogen (secondary N) is 3. The highest BCUT2D eigenvalue weighted by molar-refractivity contribution is 6.30.